The normalized spacial score (nSPS) is 14.0. The Hall–Kier alpha value is -5.72. The number of carbonyl (C=O) groups is 6. The van der Waals surface area contributed by atoms with E-state index in [1.807, 2.05) is 50.2 Å². The fourth-order valence-corrected chi connectivity index (χ4v) is 5.54. The lowest BCUT2D eigenvalue weighted by molar-refractivity contribution is -0.142. The number of hydrogen-bond acceptors (Lipinski definition) is 7. The molecular weight excluding hydrogens is 690 g/mol. The summed E-state index contributed by atoms with van der Waals surface area (Å²) in [7, 11) is 0. The number of aliphatic carboxylic acids is 1. The third-order valence-electron chi connectivity index (χ3n) is 8.20. The molecule has 3 aromatic rings. The molecule has 0 saturated heterocycles. The molecule has 0 fully saturated rings. The highest BCUT2D eigenvalue weighted by atomic mass is 16.6. The topological polar surface area (TPSA) is 192 Å². The summed E-state index contributed by atoms with van der Waals surface area (Å²) in [5.74, 6) is -3.96. The minimum atomic E-state index is -1.24. The van der Waals surface area contributed by atoms with Crippen LogP contribution in [0.5, 0.6) is 0 Å². The van der Waals surface area contributed by atoms with E-state index in [-0.39, 0.29) is 31.6 Å². The van der Waals surface area contributed by atoms with Crippen LogP contribution in [0.1, 0.15) is 64.7 Å². The quantitative estimate of drug-likeness (QED) is 0.114. The molecule has 0 saturated carbocycles. The zero-order chi connectivity index (χ0) is 39.8. The fourth-order valence-electron chi connectivity index (χ4n) is 5.54. The summed E-state index contributed by atoms with van der Waals surface area (Å²) in [5.41, 5.74) is 1.39. The highest BCUT2D eigenvalue weighted by Crippen LogP contribution is 2.12. The summed E-state index contributed by atoms with van der Waals surface area (Å²) in [6.07, 6.45) is -0.376. The van der Waals surface area contributed by atoms with E-state index >= 15 is 0 Å². The van der Waals surface area contributed by atoms with Gasteiger partial charge in [-0.05, 0) is 56.7 Å². The highest BCUT2D eigenvalue weighted by Gasteiger charge is 2.33. The molecule has 0 spiro atoms. The second kappa shape index (κ2) is 20.5. The monoisotopic (exact) mass is 743 g/mol. The Morgan fingerprint density at radius 1 is 0.537 bits per heavy atom. The molecule has 0 unspecified atom stereocenters. The van der Waals surface area contributed by atoms with Gasteiger partial charge in [0.15, 0.2) is 0 Å². The van der Waals surface area contributed by atoms with Crippen LogP contribution in [0.25, 0.3) is 0 Å². The molecule has 0 aliphatic heterocycles. The van der Waals surface area contributed by atoms with Crippen LogP contribution < -0.4 is 26.6 Å². The summed E-state index contributed by atoms with van der Waals surface area (Å²) in [5, 5.41) is 23.1. The van der Waals surface area contributed by atoms with Crippen LogP contribution >= 0.6 is 0 Å². The molecule has 13 nitrogen and oxygen atoms in total. The van der Waals surface area contributed by atoms with Gasteiger partial charge in [0.2, 0.25) is 23.6 Å². The third-order valence-corrected chi connectivity index (χ3v) is 8.20. The number of nitrogens with one attached hydrogen (secondary N) is 5. The molecule has 0 aromatic heterocycles. The zero-order valence-electron chi connectivity index (χ0n) is 31.8. The SMILES string of the molecule is CC(C)C[C@@H](NC(=O)[C@H](Cc1ccccc1)NC(=O)OC(C)(C)C)C(=O)N[C@@H](Cc1ccccc1)C(=O)N[C@@H](C)C(=O)N[C@@H](Cc1ccccc1)C(=O)O. The molecule has 54 heavy (non-hydrogen) atoms. The van der Waals surface area contributed by atoms with E-state index in [0.29, 0.717) is 5.56 Å². The molecule has 0 bridgehead atoms. The van der Waals surface area contributed by atoms with Gasteiger partial charge in [-0.25, -0.2) is 9.59 Å². The predicted octanol–water partition coefficient (Wildman–Crippen LogP) is 3.70. The lowest BCUT2D eigenvalue weighted by atomic mass is 9.99. The maximum absolute atomic E-state index is 14.0. The number of carbonyl (C=O) groups excluding carboxylic acids is 5. The molecule has 0 aliphatic carbocycles. The van der Waals surface area contributed by atoms with Crippen LogP contribution in [0.15, 0.2) is 91.0 Å². The van der Waals surface area contributed by atoms with E-state index < -0.39 is 71.5 Å². The lowest BCUT2D eigenvalue weighted by Gasteiger charge is -2.27. The first-order valence-electron chi connectivity index (χ1n) is 18.1. The van der Waals surface area contributed by atoms with Gasteiger partial charge in [-0.1, -0.05) is 105 Å². The van der Waals surface area contributed by atoms with E-state index in [9.17, 15) is 33.9 Å². The molecular formula is C41H53N5O8. The van der Waals surface area contributed by atoms with Gasteiger partial charge in [0.05, 0.1) is 0 Å². The largest absolute Gasteiger partial charge is 0.480 e. The second-order valence-electron chi connectivity index (χ2n) is 14.6. The Kier molecular flexibility index (Phi) is 16.2. The van der Waals surface area contributed by atoms with Gasteiger partial charge >= 0.3 is 12.1 Å². The number of benzene rings is 3. The standard InChI is InChI=1S/C41H53N5O8/c1-26(2)22-31(43-38(50)33(24-29-18-12-8-13-19-29)46-40(53)54-41(4,5)6)37(49)44-32(23-28-16-10-7-11-17-28)36(48)42-27(3)35(47)45-34(39(51)52)25-30-20-14-9-15-21-30/h7-21,26-27,31-34H,22-25H2,1-6H3,(H,42,48)(H,43,50)(H,44,49)(H,45,47)(H,46,53)(H,51,52)/t27-,31+,32-,33-,34-/m0/s1. The number of rotatable bonds is 18. The summed E-state index contributed by atoms with van der Waals surface area (Å²) >= 11 is 0. The van der Waals surface area contributed by atoms with Crippen molar-refractivity contribution in [2.24, 2.45) is 5.92 Å². The van der Waals surface area contributed by atoms with Crippen LogP contribution in [0, 0.1) is 5.92 Å². The van der Waals surface area contributed by atoms with Crippen molar-refractivity contribution in [3.05, 3.63) is 108 Å². The van der Waals surface area contributed by atoms with Crippen molar-refractivity contribution in [2.75, 3.05) is 0 Å². The molecule has 3 rings (SSSR count). The zero-order valence-corrected chi connectivity index (χ0v) is 31.8. The van der Waals surface area contributed by atoms with Gasteiger partial charge in [0, 0.05) is 19.3 Å². The minimum Gasteiger partial charge on any atom is -0.480 e. The van der Waals surface area contributed by atoms with Crippen molar-refractivity contribution in [1.29, 1.82) is 0 Å². The summed E-state index contributed by atoms with van der Waals surface area (Å²) in [4.78, 5) is 79.4. The van der Waals surface area contributed by atoms with Crippen molar-refractivity contribution < 1.29 is 38.6 Å². The Morgan fingerprint density at radius 2 is 0.907 bits per heavy atom. The van der Waals surface area contributed by atoms with Gasteiger partial charge in [-0.3, -0.25) is 19.2 Å². The summed E-state index contributed by atoms with van der Waals surface area (Å²) < 4.78 is 5.41. The molecule has 0 aliphatic rings. The van der Waals surface area contributed by atoms with E-state index in [2.05, 4.69) is 26.6 Å². The average Bonchev–Trinajstić information content (AvgIpc) is 3.10. The van der Waals surface area contributed by atoms with Gasteiger partial charge in [-0.2, -0.15) is 0 Å². The number of ether oxygens (including phenoxy) is 1. The van der Waals surface area contributed by atoms with Crippen LogP contribution in [0.3, 0.4) is 0 Å². The van der Waals surface area contributed by atoms with E-state index in [1.54, 1.807) is 75.4 Å². The fraction of sp³-hybridized carbons (Fsp3) is 0.415. The first kappa shape index (κ1) is 42.7. The number of alkyl carbamates (subject to hydrolysis) is 1. The third kappa shape index (κ3) is 15.1. The highest BCUT2D eigenvalue weighted by molar-refractivity contribution is 5.96. The van der Waals surface area contributed by atoms with Gasteiger partial charge < -0.3 is 36.4 Å². The Labute approximate surface area is 317 Å². The van der Waals surface area contributed by atoms with E-state index in [4.69, 9.17) is 4.74 Å². The van der Waals surface area contributed by atoms with Crippen molar-refractivity contribution >= 4 is 35.7 Å². The van der Waals surface area contributed by atoms with Crippen LogP contribution in [-0.4, -0.2) is 76.6 Å². The number of carboxylic acid groups (broad SMARTS) is 1. The second-order valence-corrected chi connectivity index (χ2v) is 14.6. The Morgan fingerprint density at radius 3 is 1.33 bits per heavy atom. The smallest absolute Gasteiger partial charge is 0.408 e. The van der Waals surface area contributed by atoms with E-state index in [1.165, 1.54) is 6.92 Å². The molecule has 13 heteroatoms. The number of amides is 5. The van der Waals surface area contributed by atoms with Gasteiger partial charge in [0.25, 0.3) is 0 Å². The number of hydrogen-bond donors (Lipinski definition) is 6. The van der Waals surface area contributed by atoms with Crippen molar-refractivity contribution in [3.8, 4) is 0 Å². The molecule has 5 atom stereocenters. The van der Waals surface area contributed by atoms with Gasteiger partial charge in [0.1, 0.15) is 35.8 Å². The summed E-state index contributed by atoms with van der Waals surface area (Å²) in [6.45, 7) is 10.3. The first-order valence-corrected chi connectivity index (χ1v) is 18.1. The summed E-state index contributed by atoms with van der Waals surface area (Å²) in [6, 6.07) is 21.1. The Balaban J connectivity index is 1.79. The van der Waals surface area contributed by atoms with Crippen LogP contribution in [-0.2, 0) is 48.0 Å². The van der Waals surface area contributed by atoms with E-state index in [0.717, 1.165) is 11.1 Å². The molecule has 0 radical (unpaired) electrons. The van der Waals surface area contributed by atoms with Crippen molar-refractivity contribution in [3.63, 3.8) is 0 Å². The maximum atomic E-state index is 14.0. The van der Waals surface area contributed by atoms with Crippen LogP contribution in [0.4, 0.5) is 4.79 Å². The predicted molar refractivity (Wildman–Crippen MR) is 204 cm³/mol. The maximum Gasteiger partial charge on any atom is 0.408 e. The van der Waals surface area contributed by atoms with Crippen LogP contribution in [0.2, 0.25) is 0 Å². The average molecular weight is 744 g/mol. The molecule has 3 aromatic carbocycles. The van der Waals surface area contributed by atoms with Crippen molar-refractivity contribution in [2.45, 2.75) is 103 Å². The Bertz CT molecular complexity index is 1700. The molecule has 6 N–H and O–H groups in total. The van der Waals surface area contributed by atoms with Crippen molar-refractivity contribution in [1.82, 2.24) is 26.6 Å². The molecule has 5 amide bonds. The number of carboxylic acids is 1. The van der Waals surface area contributed by atoms with Gasteiger partial charge in [-0.15, -0.1) is 0 Å². The first-order chi connectivity index (χ1) is 25.5. The minimum absolute atomic E-state index is 0.0394. The molecule has 0 heterocycles. The molecule has 290 valence electrons. The lowest BCUT2D eigenvalue weighted by Crippen LogP contribution is -2.59.